The first kappa shape index (κ1) is 10.8. The van der Waals surface area contributed by atoms with Crippen molar-refractivity contribution in [3.63, 3.8) is 0 Å². The van der Waals surface area contributed by atoms with E-state index in [2.05, 4.69) is 6.58 Å². The molecule has 0 aliphatic carbocycles. The summed E-state index contributed by atoms with van der Waals surface area (Å²) in [6, 6.07) is 7.51. The maximum atomic E-state index is 9.69. The van der Waals surface area contributed by atoms with Crippen molar-refractivity contribution in [1.82, 2.24) is 0 Å². The van der Waals surface area contributed by atoms with Gasteiger partial charge in [0.25, 0.3) is 0 Å². The minimum atomic E-state index is -0.479. The van der Waals surface area contributed by atoms with Crippen LogP contribution in [0.2, 0.25) is 0 Å². The molecule has 0 amide bonds. The van der Waals surface area contributed by atoms with Crippen LogP contribution in [0.4, 0.5) is 0 Å². The third-order valence-electron chi connectivity index (χ3n) is 1.94. The summed E-state index contributed by atoms with van der Waals surface area (Å²) in [5.74, 6) is 0.799. The fourth-order valence-corrected chi connectivity index (χ4v) is 1.27. The van der Waals surface area contributed by atoms with Crippen LogP contribution in [0.15, 0.2) is 36.9 Å². The molecule has 1 unspecified atom stereocenters. The molecule has 0 saturated heterocycles. The topological polar surface area (TPSA) is 29.5 Å². The predicted molar refractivity (Wildman–Crippen MR) is 57.4 cm³/mol. The Labute approximate surface area is 84.8 Å². The van der Waals surface area contributed by atoms with E-state index in [9.17, 15) is 5.11 Å². The van der Waals surface area contributed by atoms with Crippen LogP contribution in [0.25, 0.3) is 0 Å². The van der Waals surface area contributed by atoms with Gasteiger partial charge in [0.1, 0.15) is 5.75 Å². The van der Waals surface area contributed by atoms with Crippen molar-refractivity contribution in [3.05, 3.63) is 42.5 Å². The van der Waals surface area contributed by atoms with E-state index in [0.29, 0.717) is 13.0 Å². The molecule has 2 heteroatoms. The van der Waals surface area contributed by atoms with Crippen LogP contribution in [0.1, 0.15) is 25.0 Å². The standard InChI is InChI=1S/C12H16O2/c1-3-6-12(13)10-7-5-8-11(9-10)14-4-2/h3,5,7-9,12-13H,1,4,6H2,2H3. The third-order valence-corrected chi connectivity index (χ3v) is 1.94. The van der Waals surface area contributed by atoms with Crippen LogP contribution in [0.5, 0.6) is 5.75 Å². The summed E-state index contributed by atoms with van der Waals surface area (Å²) in [5.41, 5.74) is 0.871. The molecule has 14 heavy (non-hydrogen) atoms. The summed E-state index contributed by atoms with van der Waals surface area (Å²) in [5, 5.41) is 9.69. The average Bonchev–Trinajstić information content (AvgIpc) is 2.19. The van der Waals surface area contributed by atoms with Gasteiger partial charge in [0.05, 0.1) is 12.7 Å². The highest BCUT2D eigenvalue weighted by molar-refractivity contribution is 5.30. The van der Waals surface area contributed by atoms with Gasteiger partial charge in [-0.2, -0.15) is 0 Å². The molecule has 76 valence electrons. The van der Waals surface area contributed by atoms with Gasteiger partial charge in [-0.3, -0.25) is 0 Å². The van der Waals surface area contributed by atoms with E-state index in [4.69, 9.17) is 4.74 Å². The summed E-state index contributed by atoms with van der Waals surface area (Å²) in [6.07, 6.45) is 1.79. The lowest BCUT2D eigenvalue weighted by Gasteiger charge is -2.10. The van der Waals surface area contributed by atoms with E-state index < -0.39 is 6.10 Å². The van der Waals surface area contributed by atoms with Crippen molar-refractivity contribution in [1.29, 1.82) is 0 Å². The Bertz CT molecular complexity index is 294. The van der Waals surface area contributed by atoms with E-state index in [1.54, 1.807) is 6.08 Å². The van der Waals surface area contributed by atoms with Crippen LogP contribution >= 0.6 is 0 Å². The van der Waals surface area contributed by atoms with Crippen molar-refractivity contribution in [2.45, 2.75) is 19.4 Å². The number of ether oxygens (including phenoxy) is 1. The largest absolute Gasteiger partial charge is 0.494 e. The molecule has 0 radical (unpaired) electrons. The second-order valence-corrected chi connectivity index (χ2v) is 3.05. The molecule has 1 atom stereocenters. The van der Waals surface area contributed by atoms with E-state index in [0.717, 1.165) is 11.3 Å². The zero-order chi connectivity index (χ0) is 10.4. The van der Waals surface area contributed by atoms with Gasteiger partial charge in [0, 0.05) is 0 Å². The number of hydrogen-bond donors (Lipinski definition) is 1. The molecule has 1 aromatic rings. The van der Waals surface area contributed by atoms with Crippen LogP contribution in [0, 0.1) is 0 Å². The van der Waals surface area contributed by atoms with Gasteiger partial charge >= 0.3 is 0 Å². The lowest BCUT2D eigenvalue weighted by molar-refractivity contribution is 0.181. The molecule has 0 aliphatic rings. The average molecular weight is 192 g/mol. The summed E-state index contributed by atoms with van der Waals surface area (Å²) in [7, 11) is 0. The molecule has 0 saturated carbocycles. The van der Waals surface area contributed by atoms with Gasteiger partial charge in [0.2, 0.25) is 0 Å². The fraction of sp³-hybridized carbons (Fsp3) is 0.333. The molecule has 1 N–H and O–H groups in total. The maximum absolute atomic E-state index is 9.69. The number of hydrogen-bond acceptors (Lipinski definition) is 2. The Morgan fingerprint density at radius 2 is 2.36 bits per heavy atom. The monoisotopic (exact) mass is 192 g/mol. The van der Waals surface area contributed by atoms with E-state index in [1.165, 1.54) is 0 Å². The van der Waals surface area contributed by atoms with E-state index >= 15 is 0 Å². The molecule has 2 nitrogen and oxygen atoms in total. The second-order valence-electron chi connectivity index (χ2n) is 3.05. The van der Waals surface area contributed by atoms with E-state index in [-0.39, 0.29) is 0 Å². The Morgan fingerprint density at radius 1 is 1.57 bits per heavy atom. The van der Waals surface area contributed by atoms with Gasteiger partial charge in [-0.1, -0.05) is 18.2 Å². The molecule has 0 spiro atoms. The Morgan fingerprint density at radius 3 is 3.00 bits per heavy atom. The van der Waals surface area contributed by atoms with Crippen molar-refractivity contribution in [3.8, 4) is 5.75 Å². The van der Waals surface area contributed by atoms with Crippen molar-refractivity contribution < 1.29 is 9.84 Å². The van der Waals surface area contributed by atoms with Gasteiger partial charge in [-0.25, -0.2) is 0 Å². The normalized spacial score (nSPS) is 12.1. The predicted octanol–water partition coefficient (Wildman–Crippen LogP) is 2.69. The lowest BCUT2D eigenvalue weighted by atomic mass is 10.1. The SMILES string of the molecule is C=CCC(O)c1cccc(OCC)c1. The molecule has 0 aliphatic heterocycles. The van der Waals surface area contributed by atoms with Crippen LogP contribution in [0.3, 0.4) is 0 Å². The highest BCUT2D eigenvalue weighted by Gasteiger charge is 2.05. The summed E-state index contributed by atoms with van der Waals surface area (Å²) >= 11 is 0. The molecular weight excluding hydrogens is 176 g/mol. The molecule has 0 aromatic heterocycles. The first-order valence-corrected chi connectivity index (χ1v) is 4.79. The Hall–Kier alpha value is -1.28. The number of aliphatic hydroxyl groups excluding tert-OH is 1. The molecule has 0 fully saturated rings. The van der Waals surface area contributed by atoms with Gasteiger partial charge in [0.15, 0.2) is 0 Å². The Kier molecular flexibility index (Phi) is 4.20. The minimum absolute atomic E-state index is 0.479. The lowest BCUT2D eigenvalue weighted by Crippen LogP contribution is -1.97. The zero-order valence-corrected chi connectivity index (χ0v) is 8.44. The molecular formula is C12H16O2. The first-order chi connectivity index (χ1) is 6.77. The quantitative estimate of drug-likeness (QED) is 0.727. The van der Waals surface area contributed by atoms with Gasteiger partial charge in [-0.05, 0) is 31.0 Å². The van der Waals surface area contributed by atoms with Crippen LogP contribution in [-0.2, 0) is 0 Å². The fourth-order valence-electron chi connectivity index (χ4n) is 1.27. The summed E-state index contributed by atoms with van der Waals surface area (Å²) in [4.78, 5) is 0. The van der Waals surface area contributed by atoms with E-state index in [1.807, 2.05) is 31.2 Å². The maximum Gasteiger partial charge on any atom is 0.119 e. The van der Waals surface area contributed by atoms with Crippen molar-refractivity contribution >= 4 is 0 Å². The number of rotatable bonds is 5. The second kappa shape index (κ2) is 5.45. The van der Waals surface area contributed by atoms with Crippen LogP contribution in [-0.4, -0.2) is 11.7 Å². The highest BCUT2D eigenvalue weighted by Crippen LogP contribution is 2.21. The van der Waals surface area contributed by atoms with Crippen LogP contribution < -0.4 is 4.74 Å². The third kappa shape index (κ3) is 2.89. The summed E-state index contributed by atoms with van der Waals surface area (Å²) in [6.45, 7) is 6.17. The van der Waals surface area contributed by atoms with Gasteiger partial charge in [-0.15, -0.1) is 6.58 Å². The van der Waals surface area contributed by atoms with Gasteiger partial charge < -0.3 is 9.84 Å². The molecule has 1 rings (SSSR count). The number of aliphatic hydroxyl groups is 1. The smallest absolute Gasteiger partial charge is 0.119 e. The van der Waals surface area contributed by atoms with Crippen molar-refractivity contribution in [2.75, 3.05) is 6.61 Å². The zero-order valence-electron chi connectivity index (χ0n) is 8.44. The minimum Gasteiger partial charge on any atom is -0.494 e. The number of benzene rings is 1. The first-order valence-electron chi connectivity index (χ1n) is 4.79. The molecule has 0 bridgehead atoms. The van der Waals surface area contributed by atoms with Crippen molar-refractivity contribution in [2.24, 2.45) is 0 Å². The molecule has 1 aromatic carbocycles. The summed E-state index contributed by atoms with van der Waals surface area (Å²) < 4.78 is 5.34. The highest BCUT2D eigenvalue weighted by atomic mass is 16.5. The molecule has 0 heterocycles. The Balaban J connectivity index is 2.76.